The molecule has 2 heterocycles. The molecule has 0 saturated heterocycles. The third kappa shape index (κ3) is 2.53. The minimum Gasteiger partial charge on any atom is -0.443 e. The Labute approximate surface area is 117 Å². The van der Waals surface area contributed by atoms with Gasteiger partial charge in [0, 0.05) is 11.3 Å². The number of nitrogens with zero attached hydrogens (tertiary/aromatic N) is 3. The van der Waals surface area contributed by atoms with E-state index < -0.39 is 0 Å². The first-order valence-electron chi connectivity index (χ1n) is 6.65. The van der Waals surface area contributed by atoms with E-state index in [2.05, 4.69) is 27.2 Å². The van der Waals surface area contributed by atoms with Gasteiger partial charge in [-0.15, -0.1) is 0 Å². The smallest absolute Gasteiger partial charge is 0.181 e. The van der Waals surface area contributed by atoms with Gasteiger partial charge in [-0.3, -0.25) is 0 Å². The minimum atomic E-state index is 0.676. The Morgan fingerprint density at radius 3 is 2.95 bits per heavy atom. The van der Waals surface area contributed by atoms with Gasteiger partial charge in [0.25, 0.3) is 0 Å². The maximum atomic E-state index is 5.34. The average molecular weight is 268 g/mol. The van der Waals surface area contributed by atoms with Crippen LogP contribution in [0.2, 0.25) is 0 Å². The summed E-state index contributed by atoms with van der Waals surface area (Å²) < 4.78 is 5.34. The molecule has 0 amide bonds. The van der Waals surface area contributed by atoms with Crippen LogP contribution in [0.3, 0.4) is 0 Å². The molecule has 0 aliphatic carbocycles. The third-order valence-electron chi connectivity index (χ3n) is 3.06. The number of hydrogen-bond donors (Lipinski definition) is 1. The zero-order chi connectivity index (χ0) is 13.9. The summed E-state index contributed by atoms with van der Waals surface area (Å²) in [6, 6.07) is 7.88. The molecule has 3 rings (SSSR count). The van der Waals surface area contributed by atoms with Gasteiger partial charge >= 0.3 is 0 Å². The highest BCUT2D eigenvalue weighted by Crippen LogP contribution is 2.23. The van der Waals surface area contributed by atoms with Crippen molar-refractivity contribution in [3.8, 4) is 11.3 Å². The van der Waals surface area contributed by atoms with E-state index >= 15 is 0 Å². The first-order valence-corrected chi connectivity index (χ1v) is 6.65. The van der Waals surface area contributed by atoms with Crippen molar-refractivity contribution in [2.24, 2.45) is 0 Å². The van der Waals surface area contributed by atoms with Crippen LogP contribution in [0.1, 0.15) is 18.4 Å². The number of benzene rings is 1. The molecule has 3 aromatic rings. The second kappa shape index (κ2) is 5.38. The molecular formula is C15H16N4O. The highest BCUT2D eigenvalue weighted by Gasteiger charge is 2.07. The lowest BCUT2D eigenvalue weighted by atomic mass is 10.1. The van der Waals surface area contributed by atoms with Crippen LogP contribution < -0.4 is 5.32 Å². The summed E-state index contributed by atoms with van der Waals surface area (Å²) in [4.78, 5) is 13.2. The van der Waals surface area contributed by atoms with Crippen LogP contribution in [0.4, 0.5) is 0 Å². The summed E-state index contributed by atoms with van der Waals surface area (Å²) in [7, 11) is 0. The van der Waals surface area contributed by atoms with Gasteiger partial charge < -0.3 is 9.73 Å². The Morgan fingerprint density at radius 2 is 2.10 bits per heavy atom. The SMILES string of the molecule is CCNCc1nc(C)cc(-c2ccc3ncoc3c2)n1. The molecule has 2 aromatic heterocycles. The molecule has 0 saturated carbocycles. The molecule has 0 aliphatic heterocycles. The standard InChI is InChI=1S/C15H16N4O/c1-3-16-8-15-18-10(2)6-13(19-15)11-4-5-12-14(7-11)20-9-17-12/h4-7,9,16H,3,8H2,1-2H3. The molecule has 0 radical (unpaired) electrons. The van der Waals surface area contributed by atoms with Gasteiger partial charge in [-0.05, 0) is 31.7 Å². The summed E-state index contributed by atoms with van der Waals surface area (Å²) >= 11 is 0. The Hall–Kier alpha value is -2.27. The van der Waals surface area contributed by atoms with Crippen molar-refractivity contribution in [3.63, 3.8) is 0 Å². The average Bonchev–Trinajstić information content (AvgIpc) is 2.92. The molecule has 5 nitrogen and oxygen atoms in total. The van der Waals surface area contributed by atoms with Crippen molar-refractivity contribution in [1.82, 2.24) is 20.3 Å². The van der Waals surface area contributed by atoms with Crippen LogP contribution >= 0.6 is 0 Å². The molecule has 0 bridgehead atoms. The van der Waals surface area contributed by atoms with E-state index in [9.17, 15) is 0 Å². The number of hydrogen-bond acceptors (Lipinski definition) is 5. The second-order valence-electron chi connectivity index (χ2n) is 4.63. The summed E-state index contributed by atoms with van der Waals surface area (Å²) in [5.74, 6) is 0.805. The van der Waals surface area contributed by atoms with Gasteiger partial charge in [0.15, 0.2) is 12.0 Å². The number of nitrogens with one attached hydrogen (secondary N) is 1. The van der Waals surface area contributed by atoms with E-state index in [0.717, 1.165) is 40.4 Å². The number of rotatable bonds is 4. The molecule has 5 heteroatoms. The molecular weight excluding hydrogens is 252 g/mol. The largest absolute Gasteiger partial charge is 0.443 e. The Bertz CT molecular complexity index is 736. The van der Waals surface area contributed by atoms with Crippen molar-refractivity contribution in [1.29, 1.82) is 0 Å². The quantitative estimate of drug-likeness (QED) is 0.788. The maximum Gasteiger partial charge on any atom is 0.181 e. The van der Waals surface area contributed by atoms with Gasteiger partial charge in [0.1, 0.15) is 11.3 Å². The van der Waals surface area contributed by atoms with Crippen LogP contribution in [0.25, 0.3) is 22.4 Å². The fourth-order valence-corrected chi connectivity index (χ4v) is 2.11. The molecule has 0 spiro atoms. The number of aromatic nitrogens is 3. The predicted molar refractivity (Wildman–Crippen MR) is 77.2 cm³/mol. The fourth-order valence-electron chi connectivity index (χ4n) is 2.11. The fraction of sp³-hybridized carbons (Fsp3) is 0.267. The van der Waals surface area contributed by atoms with E-state index in [-0.39, 0.29) is 0 Å². The van der Waals surface area contributed by atoms with Crippen LogP contribution in [0.15, 0.2) is 35.1 Å². The van der Waals surface area contributed by atoms with Crippen molar-refractivity contribution in [2.75, 3.05) is 6.54 Å². The van der Waals surface area contributed by atoms with E-state index in [4.69, 9.17) is 4.42 Å². The highest BCUT2D eigenvalue weighted by molar-refractivity contribution is 5.78. The van der Waals surface area contributed by atoms with E-state index in [1.807, 2.05) is 31.2 Å². The highest BCUT2D eigenvalue weighted by atomic mass is 16.3. The lowest BCUT2D eigenvalue weighted by Crippen LogP contribution is -2.15. The third-order valence-corrected chi connectivity index (χ3v) is 3.06. The Kier molecular flexibility index (Phi) is 3.43. The van der Waals surface area contributed by atoms with E-state index in [0.29, 0.717) is 6.54 Å². The summed E-state index contributed by atoms with van der Waals surface area (Å²) in [5, 5.41) is 3.24. The van der Waals surface area contributed by atoms with Gasteiger partial charge in [-0.25, -0.2) is 15.0 Å². The summed E-state index contributed by atoms with van der Waals surface area (Å²) in [6.45, 7) is 5.62. The van der Waals surface area contributed by atoms with Gasteiger partial charge in [-0.1, -0.05) is 13.0 Å². The Balaban J connectivity index is 2.01. The van der Waals surface area contributed by atoms with Crippen molar-refractivity contribution in [2.45, 2.75) is 20.4 Å². The lowest BCUT2D eigenvalue weighted by Gasteiger charge is -2.06. The van der Waals surface area contributed by atoms with Crippen LogP contribution in [0.5, 0.6) is 0 Å². The van der Waals surface area contributed by atoms with Crippen LogP contribution in [-0.4, -0.2) is 21.5 Å². The molecule has 0 unspecified atom stereocenters. The van der Waals surface area contributed by atoms with Gasteiger partial charge in [0.2, 0.25) is 0 Å². The first-order chi connectivity index (χ1) is 9.76. The van der Waals surface area contributed by atoms with E-state index in [1.54, 1.807) is 0 Å². The van der Waals surface area contributed by atoms with Crippen LogP contribution in [-0.2, 0) is 6.54 Å². The van der Waals surface area contributed by atoms with Crippen molar-refractivity contribution in [3.05, 3.63) is 42.2 Å². The summed E-state index contributed by atoms with van der Waals surface area (Å²) in [5.41, 5.74) is 4.50. The molecule has 0 fully saturated rings. The number of aryl methyl sites for hydroxylation is 1. The molecule has 1 aromatic carbocycles. The van der Waals surface area contributed by atoms with Gasteiger partial charge in [0.05, 0.1) is 12.2 Å². The lowest BCUT2D eigenvalue weighted by molar-refractivity contribution is 0.602. The van der Waals surface area contributed by atoms with E-state index in [1.165, 1.54) is 6.39 Å². The normalized spacial score (nSPS) is 11.1. The zero-order valence-corrected chi connectivity index (χ0v) is 11.6. The zero-order valence-electron chi connectivity index (χ0n) is 11.6. The topological polar surface area (TPSA) is 63.8 Å². The van der Waals surface area contributed by atoms with Crippen LogP contribution in [0, 0.1) is 6.92 Å². The molecule has 1 N–H and O–H groups in total. The number of fused-ring (bicyclic) bond motifs is 1. The number of oxazole rings is 1. The second-order valence-corrected chi connectivity index (χ2v) is 4.63. The Morgan fingerprint density at radius 1 is 1.20 bits per heavy atom. The molecule has 102 valence electrons. The molecule has 0 aliphatic rings. The van der Waals surface area contributed by atoms with Crippen molar-refractivity contribution < 1.29 is 4.42 Å². The minimum absolute atomic E-state index is 0.676. The molecule has 20 heavy (non-hydrogen) atoms. The van der Waals surface area contributed by atoms with Gasteiger partial charge in [-0.2, -0.15) is 0 Å². The van der Waals surface area contributed by atoms with Crippen molar-refractivity contribution >= 4 is 11.1 Å². The maximum absolute atomic E-state index is 5.34. The monoisotopic (exact) mass is 268 g/mol. The predicted octanol–water partition coefficient (Wildman–Crippen LogP) is 2.70. The first kappa shape index (κ1) is 12.7. The summed E-state index contributed by atoms with van der Waals surface area (Å²) in [6.07, 6.45) is 1.45. The molecule has 0 atom stereocenters.